The van der Waals surface area contributed by atoms with Crippen LogP contribution in [0.4, 0.5) is 0 Å². The molecule has 0 bridgehead atoms. The Morgan fingerprint density at radius 2 is 1.58 bits per heavy atom. The van der Waals surface area contributed by atoms with Crippen LogP contribution in [0.25, 0.3) is 16.7 Å². The van der Waals surface area contributed by atoms with Crippen molar-refractivity contribution in [3.05, 3.63) is 66.2 Å². The SMILES string of the molecule is CC(=CCC(=O)O)c1ccc(-c2ccccc2)cc1. The molecular weight excluding hydrogens is 236 g/mol. The van der Waals surface area contributed by atoms with Gasteiger partial charge in [0.1, 0.15) is 0 Å². The molecule has 0 aliphatic carbocycles. The summed E-state index contributed by atoms with van der Waals surface area (Å²) in [5.41, 5.74) is 4.39. The Hall–Kier alpha value is -2.35. The van der Waals surface area contributed by atoms with E-state index in [1.165, 1.54) is 5.56 Å². The largest absolute Gasteiger partial charge is 0.481 e. The minimum absolute atomic E-state index is 0.0618. The van der Waals surface area contributed by atoms with Crippen molar-refractivity contribution in [3.63, 3.8) is 0 Å². The third-order valence-electron chi connectivity index (χ3n) is 3.03. The van der Waals surface area contributed by atoms with Crippen LogP contribution in [-0.2, 0) is 4.79 Å². The quantitative estimate of drug-likeness (QED) is 0.884. The highest BCUT2D eigenvalue weighted by atomic mass is 16.4. The standard InChI is InChI=1S/C17H16O2/c1-13(7-12-17(18)19)14-8-10-16(11-9-14)15-5-3-2-4-6-15/h2-11H,12H2,1H3,(H,18,19). The molecule has 2 aromatic carbocycles. The fourth-order valence-corrected chi connectivity index (χ4v) is 1.91. The first-order valence-electron chi connectivity index (χ1n) is 6.21. The molecule has 0 aliphatic heterocycles. The zero-order valence-corrected chi connectivity index (χ0v) is 10.8. The molecule has 96 valence electrons. The second-order valence-corrected chi connectivity index (χ2v) is 4.43. The molecule has 0 aliphatic rings. The predicted molar refractivity (Wildman–Crippen MR) is 77.8 cm³/mol. The van der Waals surface area contributed by atoms with Gasteiger partial charge in [-0.25, -0.2) is 0 Å². The summed E-state index contributed by atoms with van der Waals surface area (Å²) in [5.74, 6) is -0.805. The normalized spacial score (nSPS) is 11.3. The molecule has 2 heteroatoms. The Morgan fingerprint density at radius 3 is 2.16 bits per heavy atom. The number of carboxylic acid groups (broad SMARTS) is 1. The summed E-state index contributed by atoms with van der Waals surface area (Å²) in [7, 11) is 0. The van der Waals surface area contributed by atoms with Gasteiger partial charge >= 0.3 is 5.97 Å². The first-order chi connectivity index (χ1) is 9.16. The average Bonchev–Trinajstić information content (AvgIpc) is 2.46. The van der Waals surface area contributed by atoms with Gasteiger partial charge in [-0.2, -0.15) is 0 Å². The number of aliphatic carboxylic acids is 1. The number of carbonyl (C=O) groups is 1. The van der Waals surface area contributed by atoms with E-state index in [1.807, 2.05) is 37.3 Å². The van der Waals surface area contributed by atoms with Gasteiger partial charge in [-0.3, -0.25) is 4.79 Å². The van der Waals surface area contributed by atoms with E-state index in [4.69, 9.17) is 5.11 Å². The van der Waals surface area contributed by atoms with E-state index in [9.17, 15) is 4.79 Å². The van der Waals surface area contributed by atoms with Gasteiger partial charge in [0.25, 0.3) is 0 Å². The highest BCUT2D eigenvalue weighted by Gasteiger charge is 2.00. The van der Waals surface area contributed by atoms with Gasteiger partial charge in [-0.1, -0.05) is 60.7 Å². The van der Waals surface area contributed by atoms with Gasteiger partial charge in [0.15, 0.2) is 0 Å². The minimum atomic E-state index is -0.805. The zero-order chi connectivity index (χ0) is 13.7. The molecule has 2 aromatic rings. The third-order valence-corrected chi connectivity index (χ3v) is 3.03. The van der Waals surface area contributed by atoms with Crippen LogP contribution in [-0.4, -0.2) is 11.1 Å². The van der Waals surface area contributed by atoms with E-state index >= 15 is 0 Å². The van der Waals surface area contributed by atoms with Crippen LogP contribution in [0.3, 0.4) is 0 Å². The molecule has 0 amide bonds. The lowest BCUT2D eigenvalue weighted by atomic mass is 10.0. The molecule has 0 atom stereocenters. The summed E-state index contributed by atoms with van der Waals surface area (Å²) in [6, 6.07) is 18.3. The van der Waals surface area contributed by atoms with Gasteiger partial charge in [0.05, 0.1) is 6.42 Å². The van der Waals surface area contributed by atoms with Crippen LogP contribution in [0, 0.1) is 0 Å². The predicted octanol–water partition coefficient (Wildman–Crippen LogP) is 4.23. The molecule has 0 saturated carbocycles. The van der Waals surface area contributed by atoms with Gasteiger partial charge in [-0.05, 0) is 29.2 Å². The van der Waals surface area contributed by atoms with Crippen molar-refractivity contribution >= 4 is 11.5 Å². The fourth-order valence-electron chi connectivity index (χ4n) is 1.91. The first kappa shape index (κ1) is 13.1. The Labute approximate surface area is 113 Å². The molecular formula is C17H16O2. The van der Waals surface area contributed by atoms with Crippen molar-refractivity contribution in [1.29, 1.82) is 0 Å². The van der Waals surface area contributed by atoms with Crippen molar-refractivity contribution < 1.29 is 9.90 Å². The molecule has 0 fully saturated rings. The van der Waals surface area contributed by atoms with Crippen molar-refractivity contribution in [2.24, 2.45) is 0 Å². The summed E-state index contributed by atoms with van der Waals surface area (Å²) < 4.78 is 0. The lowest BCUT2D eigenvalue weighted by molar-refractivity contribution is -0.135. The molecule has 0 saturated heterocycles. The highest BCUT2D eigenvalue weighted by Crippen LogP contribution is 2.22. The van der Waals surface area contributed by atoms with E-state index in [1.54, 1.807) is 6.08 Å². The minimum Gasteiger partial charge on any atom is -0.481 e. The van der Waals surface area contributed by atoms with Crippen LogP contribution in [0.2, 0.25) is 0 Å². The maximum absolute atomic E-state index is 10.5. The molecule has 0 unspecified atom stereocenters. The van der Waals surface area contributed by atoms with Gasteiger partial charge in [-0.15, -0.1) is 0 Å². The molecule has 0 aromatic heterocycles. The maximum atomic E-state index is 10.5. The molecule has 2 nitrogen and oxygen atoms in total. The van der Waals surface area contributed by atoms with E-state index in [0.29, 0.717) is 0 Å². The first-order valence-corrected chi connectivity index (χ1v) is 6.21. The molecule has 1 N–H and O–H groups in total. The van der Waals surface area contributed by atoms with Crippen LogP contribution >= 0.6 is 0 Å². The lowest BCUT2D eigenvalue weighted by Gasteiger charge is -2.05. The molecule has 0 heterocycles. The fraction of sp³-hybridized carbons (Fsp3) is 0.118. The maximum Gasteiger partial charge on any atom is 0.307 e. The van der Waals surface area contributed by atoms with Gasteiger partial charge in [0.2, 0.25) is 0 Å². The van der Waals surface area contributed by atoms with Crippen molar-refractivity contribution in [2.75, 3.05) is 0 Å². The number of hydrogen-bond donors (Lipinski definition) is 1. The second kappa shape index (κ2) is 6.01. The third kappa shape index (κ3) is 3.55. The smallest absolute Gasteiger partial charge is 0.307 e. The Kier molecular flexibility index (Phi) is 4.14. The Bertz CT molecular complexity index is 580. The molecule has 19 heavy (non-hydrogen) atoms. The zero-order valence-electron chi connectivity index (χ0n) is 10.8. The number of allylic oxidation sites excluding steroid dienone is 1. The number of benzene rings is 2. The van der Waals surface area contributed by atoms with Crippen LogP contribution in [0.1, 0.15) is 18.9 Å². The number of hydrogen-bond acceptors (Lipinski definition) is 1. The van der Waals surface area contributed by atoms with Crippen molar-refractivity contribution in [2.45, 2.75) is 13.3 Å². The molecule has 2 rings (SSSR count). The molecule has 0 radical (unpaired) electrons. The summed E-state index contributed by atoms with van der Waals surface area (Å²) in [5, 5.41) is 8.66. The van der Waals surface area contributed by atoms with Gasteiger partial charge < -0.3 is 5.11 Å². The van der Waals surface area contributed by atoms with Crippen LogP contribution < -0.4 is 0 Å². The second-order valence-electron chi connectivity index (χ2n) is 4.43. The number of carboxylic acids is 1. The van der Waals surface area contributed by atoms with E-state index in [-0.39, 0.29) is 6.42 Å². The number of rotatable bonds is 4. The highest BCUT2D eigenvalue weighted by molar-refractivity contribution is 5.74. The summed E-state index contributed by atoms with van der Waals surface area (Å²) >= 11 is 0. The van der Waals surface area contributed by atoms with Crippen LogP contribution in [0.15, 0.2) is 60.7 Å². The van der Waals surface area contributed by atoms with Gasteiger partial charge in [0, 0.05) is 0 Å². The summed E-state index contributed by atoms with van der Waals surface area (Å²) in [6.07, 6.45) is 1.80. The lowest BCUT2D eigenvalue weighted by Crippen LogP contribution is -1.91. The van der Waals surface area contributed by atoms with Crippen molar-refractivity contribution in [1.82, 2.24) is 0 Å². The van der Waals surface area contributed by atoms with E-state index < -0.39 is 5.97 Å². The summed E-state index contributed by atoms with van der Waals surface area (Å²) in [4.78, 5) is 10.5. The average molecular weight is 252 g/mol. The Morgan fingerprint density at radius 1 is 1.00 bits per heavy atom. The van der Waals surface area contributed by atoms with Crippen molar-refractivity contribution in [3.8, 4) is 11.1 Å². The van der Waals surface area contributed by atoms with E-state index in [0.717, 1.165) is 16.7 Å². The Balaban J connectivity index is 2.19. The molecule has 0 spiro atoms. The summed E-state index contributed by atoms with van der Waals surface area (Å²) in [6.45, 7) is 1.93. The monoisotopic (exact) mass is 252 g/mol. The van der Waals surface area contributed by atoms with E-state index in [2.05, 4.69) is 24.3 Å². The topological polar surface area (TPSA) is 37.3 Å². The van der Waals surface area contributed by atoms with Crippen LogP contribution in [0.5, 0.6) is 0 Å².